The third-order valence-electron chi connectivity index (χ3n) is 3.84. The van der Waals surface area contributed by atoms with E-state index in [1.165, 1.54) is 12.1 Å². The first-order chi connectivity index (χ1) is 12.6. The van der Waals surface area contributed by atoms with E-state index < -0.39 is 0 Å². The number of fused-ring (bicyclic) bond motifs is 1. The van der Waals surface area contributed by atoms with Crippen molar-refractivity contribution < 1.29 is 8.81 Å². The molecule has 0 aliphatic rings. The van der Waals surface area contributed by atoms with Crippen molar-refractivity contribution >= 4 is 34.3 Å². The van der Waals surface area contributed by atoms with E-state index >= 15 is 0 Å². The largest absolute Gasteiger partial charge is 0.457 e. The molecule has 4 rings (SSSR count). The van der Waals surface area contributed by atoms with Crippen LogP contribution in [0.5, 0.6) is 0 Å². The first-order valence-electron chi connectivity index (χ1n) is 7.75. The van der Waals surface area contributed by atoms with Gasteiger partial charge in [0.25, 0.3) is 0 Å². The van der Waals surface area contributed by atoms with Gasteiger partial charge in [0, 0.05) is 16.7 Å². The number of allylic oxidation sites excluding steroid dienone is 1. The minimum absolute atomic E-state index is 0.286. The number of nitrogens with zero attached hydrogens (tertiary/aromatic N) is 2. The summed E-state index contributed by atoms with van der Waals surface area (Å²) >= 11 is 6.00. The van der Waals surface area contributed by atoms with Gasteiger partial charge in [-0.2, -0.15) is 5.26 Å². The Morgan fingerprint density at radius 2 is 2.08 bits per heavy atom. The normalized spacial score (nSPS) is 11.7. The van der Waals surface area contributed by atoms with Gasteiger partial charge in [0.15, 0.2) is 0 Å². The van der Waals surface area contributed by atoms with E-state index in [1.807, 2.05) is 12.1 Å². The van der Waals surface area contributed by atoms with E-state index in [-0.39, 0.29) is 11.4 Å². The van der Waals surface area contributed by atoms with Crippen molar-refractivity contribution in [3.63, 3.8) is 0 Å². The molecular weight excluding hydrogens is 353 g/mol. The molecule has 0 aliphatic heterocycles. The second kappa shape index (κ2) is 6.51. The molecule has 2 aromatic carbocycles. The fourth-order valence-electron chi connectivity index (χ4n) is 2.63. The number of hydrogen-bond donors (Lipinski definition) is 1. The molecule has 0 saturated carbocycles. The Morgan fingerprint density at radius 1 is 1.19 bits per heavy atom. The zero-order chi connectivity index (χ0) is 18.1. The van der Waals surface area contributed by atoms with Crippen molar-refractivity contribution in [3.8, 4) is 17.4 Å². The zero-order valence-corrected chi connectivity index (χ0v) is 14.1. The number of imidazole rings is 1. The number of rotatable bonds is 3. The van der Waals surface area contributed by atoms with Crippen molar-refractivity contribution in [1.29, 1.82) is 5.26 Å². The van der Waals surface area contributed by atoms with Crippen LogP contribution in [0, 0.1) is 17.1 Å². The maximum atomic E-state index is 13.3. The highest BCUT2D eigenvalue weighted by Crippen LogP contribution is 2.27. The molecule has 26 heavy (non-hydrogen) atoms. The SMILES string of the molecule is N#C/C(=C/c1ccc(-c2cccc(Cl)c2)o1)c1nc2ccc(F)cc2[nH]1. The summed E-state index contributed by atoms with van der Waals surface area (Å²) in [5.41, 5.74) is 2.24. The van der Waals surface area contributed by atoms with E-state index in [9.17, 15) is 9.65 Å². The van der Waals surface area contributed by atoms with Crippen LogP contribution in [0.2, 0.25) is 5.02 Å². The van der Waals surface area contributed by atoms with E-state index in [4.69, 9.17) is 16.0 Å². The molecule has 6 heteroatoms. The quantitative estimate of drug-likeness (QED) is 0.476. The van der Waals surface area contributed by atoms with Crippen LogP contribution in [0.1, 0.15) is 11.6 Å². The van der Waals surface area contributed by atoms with Crippen LogP contribution >= 0.6 is 11.6 Å². The number of halogens is 2. The van der Waals surface area contributed by atoms with Gasteiger partial charge >= 0.3 is 0 Å². The lowest BCUT2D eigenvalue weighted by molar-refractivity contribution is 0.572. The van der Waals surface area contributed by atoms with E-state index in [1.54, 1.807) is 36.4 Å². The number of aromatic nitrogens is 2. The molecule has 2 aromatic heterocycles. The Morgan fingerprint density at radius 3 is 2.88 bits per heavy atom. The average Bonchev–Trinajstić information content (AvgIpc) is 3.26. The maximum Gasteiger partial charge on any atom is 0.149 e. The first kappa shape index (κ1) is 16.1. The molecule has 0 atom stereocenters. The van der Waals surface area contributed by atoms with Crippen LogP contribution in [0.15, 0.2) is 59.0 Å². The molecule has 126 valence electrons. The standard InChI is InChI=1S/C20H11ClFN3O/c21-14-3-1-2-12(8-14)19-7-5-16(26-19)9-13(11-23)20-24-17-6-4-15(22)10-18(17)25-20/h1-10H,(H,24,25)/b13-9-. The van der Waals surface area contributed by atoms with Crippen LogP contribution in [-0.4, -0.2) is 9.97 Å². The minimum Gasteiger partial charge on any atom is -0.457 e. The number of hydrogen-bond acceptors (Lipinski definition) is 3. The van der Waals surface area contributed by atoms with Gasteiger partial charge in [0.1, 0.15) is 29.2 Å². The Kier molecular flexibility index (Phi) is 4.04. The maximum absolute atomic E-state index is 13.3. The van der Waals surface area contributed by atoms with Crippen molar-refractivity contribution in [2.75, 3.05) is 0 Å². The van der Waals surface area contributed by atoms with Gasteiger partial charge in [-0.1, -0.05) is 23.7 Å². The molecule has 1 N–H and O–H groups in total. The van der Waals surface area contributed by atoms with Crippen molar-refractivity contribution in [1.82, 2.24) is 9.97 Å². The Labute approximate surface area is 153 Å². The molecule has 0 amide bonds. The third kappa shape index (κ3) is 3.10. The van der Waals surface area contributed by atoms with Gasteiger partial charge < -0.3 is 9.40 Å². The van der Waals surface area contributed by atoms with E-state index in [2.05, 4.69) is 16.0 Å². The zero-order valence-electron chi connectivity index (χ0n) is 13.3. The highest BCUT2D eigenvalue weighted by molar-refractivity contribution is 6.30. The predicted octanol–water partition coefficient (Wildman–Crippen LogP) is 5.68. The highest BCUT2D eigenvalue weighted by atomic mass is 35.5. The molecule has 0 unspecified atom stereocenters. The van der Waals surface area contributed by atoms with Gasteiger partial charge in [-0.3, -0.25) is 0 Å². The Balaban J connectivity index is 1.70. The van der Waals surface area contributed by atoms with Crippen LogP contribution in [0.4, 0.5) is 4.39 Å². The lowest BCUT2D eigenvalue weighted by Crippen LogP contribution is -1.84. The van der Waals surface area contributed by atoms with Crippen molar-refractivity contribution in [2.45, 2.75) is 0 Å². The number of furan rings is 1. The number of nitriles is 1. The summed E-state index contributed by atoms with van der Waals surface area (Å²) in [6.07, 6.45) is 1.59. The van der Waals surface area contributed by atoms with Gasteiger partial charge in [0.2, 0.25) is 0 Å². The summed E-state index contributed by atoms with van der Waals surface area (Å²) in [6, 6.07) is 17.2. The fraction of sp³-hybridized carbons (Fsp3) is 0. The van der Waals surface area contributed by atoms with Gasteiger partial charge in [-0.25, -0.2) is 9.37 Å². The second-order valence-electron chi connectivity index (χ2n) is 5.63. The summed E-state index contributed by atoms with van der Waals surface area (Å²) in [5.74, 6) is 1.13. The molecule has 0 saturated heterocycles. The number of nitrogens with one attached hydrogen (secondary N) is 1. The third-order valence-corrected chi connectivity index (χ3v) is 4.08. The van der Waals surface area contributed by atoms with Crippen molar-refractivity contribution in [2.24, 2.45) is 0 Å². The summed E-state index contributed by atoms with van der Waals surface area (Å²) in [7, 11) is 0. The van der Waals surface area contributed by atoms with Crippen molar-refractivity contribution in [3.05, 3.63) is 77.0 Å². The molecule has 0 spiro atoms. The topological polar surface area (TPSA) is 65.6 Å². The second-order valence-corrected chi connectivity index (χ2v) is 6.07. The monoisotopic (exact) mass is 363 g/mol. The molecule has 2 heterocycles. The molecule has 0 fully saturated rings. The Bertz CT molecular complexity index is 1180. The van der Waals surface area contributed by atoms with Crippen LogP contribution in [0.3, 0.4) is 0 Å². The molecular formula is C20H11ClFN3O. The molecule has 0 bridgehead atoms. The van der Waals surface area contributed by atoms with E-state index in [0.29, 0.717) is 33.4 Å². The summed E-state index contributed by atoms with van der Waals surface area (Å²) in [4.78, 5) is 7.28. The van der Waals surface area contributed by atoms with Gasteiger partial charge in [0.05, 0.1) is 16.6 Å². The van der Waals surface area contributed by atoms with E-state index in [0.717, 1.165) is 5.56 Å². The Hall–Kier alpha value is -3.36. The van der Waals surface area contributed by atoms with Crippen LogP contribution in [0.25, 0.3) is 34.0 Å². The number of aromatic amines is 1. The van der Waals surface area contributed by atoms with Gasteiger partial charge in [-0.05, 0) is 42.5 Å². The highest BCUT2D eigenvalue weighted by Gasteiger charge is 2.10. The lowest BCUT2D eigenvalue weighted by atomic mass is 10.2. The molecule has 4 nitrogen and oxygen atoms in total. The minimum atomic E-state index is -0.368. The molecule has 0 aliphatic carbocycles. The van der Waals surface area contributed by atoms with Crippen LogP contribution < -0.4 is 0 Å². The smallest absolute Gasteiger partial charge is 0.149 e. The fourth-order valence-corrected chi connectivity index (χ4v) is 2.82. The summed E-state index contributed by atoms with van der Waals surface area (Å²) in [6.45, 7) is 0. The van der Waals surface area contributed by atoms with Gasteiger partial charge in [-0.15, -0.1) is 0 Å². The number of benzene rings is 2. The lowest BCUT2D eigenvalue weighted by Gasteiger charge is -1.97. The number of H-pyrrole nitrogens is 1. The first-order valence-corrected chi connectivity index (χ1v) is 8.13. The molecule has 4 aromatic rings. The summed E-state index contributed by atoms with van der Waals surface area (Å²) < 4.78 is 19.1. The molecule has 0 radical (unpaired) electrons. The average molecular weight is 364 g/mol. The summed E-state index contributed by atoms with van der Waals surface area (Å²) in [5, 5.41) is 10.1. The van der Waals surface area contributed by atoms with Crippen LogP contribution in [-0.2, 0) is 0 Å². The predicted molar refractivity (Wildman–Crippen MR) is 98.7 cm³/mol.